The lowest BCUT2D eigenvalue weighted by Gasteiger charge is -2.56. The maximum atomic E-state index is 14.2. The zero-order chi connectivity index (χ0) is 20.2. The molecule has 2 fully saturated rings. The van der Waals surface area contributed by atoms with E-state index in [1.54, 1.807) is 6.07 Å². The zero-order valence-corrected chi connectivity index (χ0v) is 17.5. The van der Waals surface area contributed by atoms with Crippen molar-refractivity contribution in [1.29, 1.82) is 0 Å². The Kier molecular flexibility index (Phi) is 4.27. The van der Waals surface area contributed by atoms with E-state index < -0.39 is 0 Å². The van der Waals surface area contributed by atoms with Crippen molar-refractivity contribution in [2.45, 2.75) is 69.7 Å². The predicted molar refractivity (Wildman–Crippen MR) is 115 cm³/mol. The minimum Gasteiger partial charge on any atom is -0.508 e. The van der Waals surface area contributed by atoms with E-state index in [0.29, 0.717) is 17.6 Å². The molecule has 0 aromatic heterocycles. The molecular formula is C26H31NO2. The van der Waals surface area contributed by atoms with Gasteiger partial charge in [-0.3, -0.25) is 4.79 Å². The SMILES string of the molecule is CC1(C)[C@H]2CCN(C(=O)C3(c4ccccc4)CCCC3)[C@@H]1Cc1c(O)cccc12. The van der Waals surface area contributed by atoms with Gasteiger partial charge < -0.3 is 10.0 Å². The topological polar surface area (TPSA) is 40.5 Å². The van der Waals surface area contributed by atoms with Gasteiger partial charge in [0.2, 0.25) is 5.91 Å². The van der Waals surface area contributed by atoms with Gasteiger partial charge in [-0.25, -0.2) is 0 Å². The molecule has 3 aliphatic rings. The lowest BCUT2D eigenvalue weighted by Crippen LogP contribution is -2.61. The molecule has 1 N–H and O–H groups in total. The van der Waals surface area contributed by atoms with Crippen LogP contribution in [0.1, 0.15) is 68.6 Å². The molecule has 0 radical (unpaired) electrons. The number of carbonyl (C=O) groups excluding carboxylic acids is 1. The number of carbonyl (C=O) groups is 1. The van der Waals surface area contributed by atoms with E-state index in [1.807, 2.05) is 12.1 Å². The summed E-state index contributed by atoms with van der Waals surface area (Å²) in [5, 5.41) is 10.5. The van der Waals surface area contributed by atoms with Crippen LogP contribution in [0.3, 0.4) is 0 Å². The number of piperidine rings is 1. The molecule has 2 atom stereocenters. The first-order valence-electron chi connectivity index (χ1n) is 11.1. The van der Waals surface area contributed by atoms with E-state index in [-0.39, 0.29) is 16.9 Å². The number of hydrogen-bond acceptors (Lipinski definition) is 2. The first kappa shape index (κ1) is 18.7. The van der Waals surface area contributed by atoms with Crippen molar-refractivity contribution in [3.05, 3.63) is 65.2 Å². The number of hydrogen-bond donors (Lipinski definition) is 1. The van der Waals surface area contributed by atoms with Crippen LogP contribution in [-0.4, -0.2) is 28.5 Å². The van der Waals surface area contributed by atoms with E-state index in [2.05, 4.69) is 49.1 Å². The third-order valence-corrected chi connectivity index (χ3v) is 8.21. The van der Waals surface area contributed by atoms with Gasteiger partial charge in [0, 0.05) is 12.6 Å². The van der Waals surface area contributed by atoms with Gasteiger partial charge in [-0.2, -0.15) is 0 Å². The molecule has 0 unspecified atom stereocenters. The Morgan fingerprint density at radius 2 is 1.76 bits per heavy atom. The van der Waals surface area contributed by atoms with Crippen molar-refractivity contribution in [2.24, 2.45) is 5.41 Å². The number of benzene rings is 2. The van der Waals surface area contributed by atoms with Gasteiger partial charge in [0.1, 0.15) is 5.75 Å². The number of phenols is 1. The fourth-order valence-electron chi connectivity index (χ4n) is 6.57. The van der Waals surface area contributed by atoms with Gasteiger partial charge in [0.05, 0.1) is 5.41 Å². The van der Waals surface area contributed by atoms with E-state index >= 15 is 0 Å². The van der Waals surface area contributed by atoms with E-state index in [4.69, 9.17) is 0 Å². The van der Waals surface area contributed by atoms with Crippen LogP contribution in [0.15, 0.2) is 48.5 Å². The summed E-state index contributed by atoms with van der Waals surface area (Å²) in [4.78, 5) is 16.4. The van der Waals surface area contributed by atoms with Crippen LogP contribution >= 0.6 is 0 Å². The fourth-order valence-corrected chi connectivity index (χ4v) is 6.57. The molecule has 5 rings (SSSR count). The molecule has 152 valence electrons. The first-order chi connectivity index (χ1) is 13.9. The monoisotopic (exact) mass is 389 g/mol. The van der Waals surface area contributed by atoms with Gasteiger partial charge in [-0.05, 0) is 59.8 Å². The Morgan fingerprint density at radius 3 is 2.48 bits per heavy atom. The van der Waals surface area contributed by atoms with Crippen molar-refractivity contribution >= 4 is 5.91 Å². The van der Waals surface area contributed by atoms with Crippen LogP contribution < -0.4 is 0 Å². The number of fused-ring (bicyclic) bond motifs is 4. The standard InChI is InChI=1S/C26H31NO2/c1-25(2)21-13-16-27(23(25)17-20-19(21)11-8-12-22(20)28)24(29)26(14-6-7-15-26)18-9-4-3-5-10-18/h3-5,8-12,21,23,28H,6-7,13-17H2,1-2H3/t21-,23+/m0/s1. The quantitative estimate of drug-likeness (QED) is 0.770. The van der Waals surface area contributed by atoms with E-state index in [0.717, 1.165) is 50.6 Å². The largest absolute Gasteiger partial charge is 0.508 e. The highest BCUT2D eigenvalue weighted by atomic mass is 16.3. The lowest BCUT2D eigenvalue weighted by molar-refractivity contribution is -0.146. The van der Waals surface area contributed by atoms with Crippen LogP contribution in [0.4, 0.5) is 0 Å². The number of aromatic hydroxyl groups is 1. The number of rotatable bonds is 2. The minimum absolute atomic E-state index is 0.00514. The molecule has 0 spiro atoms. The predicted octanol–water partition coefficient (Wildman–Crippen LogP) is 5.17. The lowest BCUT2D eigenvalue weighted by atomic mass is 9.59. The highest BCUT2D eigenvalue weighted by molar-refractivity contribution is 5.89. The summed E-state index contributed by atoms with van der Waals surface area (Å²) < 4.78 is 0. The maximum Gasteiger partial charge on any atom is 0.233 e. The van der Waals surface area contributed by atoms with Gasteiger partial charge in [-0.15, -0.1) is 0 Å². The van der Waals surface area contributed by atoms with Crippen molar-refractivity contribution in [1.82, 2.24) is 4.90 Å². The summed E-state index contributed by atoms with van der Waals surface area (Å²) in [5.74, 6) is 1.10. The van der Waals surface area contributed by atoms with E-state index in [1.165, 1.54) is 11.1 Å². The third kappa shape index (κ3) is 2.66. The second kappa shape index (κ2) is 6.62. The first-order valence-corrected chi connectivity index (χ1v) is 11.1. The van der Waals surface area contributed by atoms with Gasteiger partial charge in [-0.1, -0.05) is 69.2 Å². The molecule has 1 saturated carbocycles. The van der Waals surface area contributed by atoms with Crippen LogP contribution in [-0.2, 0) is 16.6 Å². The Labute approximate surface area is 173 Å². The fraction of sp³-hybridized carbons (Fsp3) is 0.500. The highest BCUT2D eigenvalue weighted by Gasteiger charge is 2.54. The molecule has 1 aliphatic heterocycles. The molecular weight excluding hydrogens is 358 g/mol. The van der Waals surface area contributed by atoms with Crippen molar-refractivity contribution in [3.8, 4) is 5.75 Å². The number of nitrogens with zero attached hydrogens (tertiary/aromatic N) is 1. The normalized spacial score (nSPS) is 26.8. The average Bonchev–Trinajstić information content (AvgIpc) is 3.20. The van der Waals surface area contributed by atoms with Crippen LogP contribution in [0.2, 0.25) is 0 Å². The number of amides is 1. The molecule has 1 heterocycles. The van der Waals surface area contributed by atoms with Crippen molar-refractivity contribution < 1.29 is 9.90 Å². The van der Waals surface area contributed by atoms with Gasteiger partial charge in [0.15, 0.2) is 0 Å². The number of likely N-dealkylation sites (tertiary alicyclic amines) is 1. The molecule has 2 aromatic rings. The summed E-state index contributed by atoms with van der Waals surface area (Å²) in [7, 11) is 0. The Hall–Kier alpha value is -2.29. The maximum absolute atomic E-state index is 14.2. The second-order valence-corrected chi connectivity index (χ2v) is 9.88. The van der Waals surface area contributed by atoms with Crippen molar-refractivity contribution in [2.75, 3.05) is 6.54 Å². The Balaban J connectivity index is 1.56. The molecule has 3 heteroatoms. The molecule has 2 aromatic carbocycles. The van der Waals surface area contributed by atoms with E-state index in [9.17, 15) is 9.90 Å². The minimum atomic E-state index is -0.372. The molecule has 3 nitrogen and oxygen atoms in total. The summed E-state index contributed by atoms with van der Waals surface area (Å²) in [6.45, 7) is 5.46. The number of phenolic OH excluding ortho intramolecular Hbond substituents is 1. The van der Waals surface area contributed by atoms with Crippen LogP contribution in [0.25, 0.3) is 0 Å². The second-order valence-electron chi connectivity index (χ2n) is 9.88. The Morgan fingerprint density at radius 1 is 1.03 bits per heavy atom. The molecule has 2 aliphatic carbocycles. The average molecular weight is 390 g/mol. The van der Waals surface area contributed by atoms with Crippen LogP contribution in [0.5, 0.6) is 5.75 Å². The van der Waals surface area contributed by atoms with Crippen LogP contribution in [0, 0.1) is 5.41 Å². The highest BCUT2D eigenvalue weighted by Crippen LogP contribution is 2.54. The molecule has 1 amide bonds. The van der Waals surface area contributed by atoms with Gasteiger partial charge >= 0.3 is 0 Å². The Bertz CT molecular complexity index is 927. The zero-order valence-electron chi connectivity index (χ0n) is 17.5. The molecule has 1 saturated heterocycles. The van der Waals surface area contributed by atoms with Gasteiger partial charge in [0.25, 0.3) is 0 Å². The molecule has 29 heavy (non-hydrogen) atoms. The summed E-state index contributed by atoms with van der Waals surface area (Å²) in [6, 6.07) is 16.5. The molecule has 2 bridgehead atoms. The third-order valence-electron chi connectivity index (χ3n) is 8.21. The summed E-state index contributed by atoms with van der Waals surface area (Å²) >= 11 is 0. The summed E-state index contributed by atoms with van der Waals surface area (Å²) in [5.41, 5.74) is 3.16. The van der Waals surface area contributed by atoms with Crippen molar-refractivity contribution in [3.63, 3.8) is 0 Å². The summed E-state index contributed by atoms with van der Waals surface area (Å²) in [6.07, 6.45) is 5.86. The smallest absolute Gasteiger partial charge is 0.233 e.